The third-order valence-corrected chi connectivity index (χ3v) is 4.74. The number of amides is 2. The summed E-state index contributed by atoms with van der Waals surface area (Å²) in [7, 11) is 1.56. The van der Waals surface area contributed by atoms with Gasteiger partial charge in [-0.1, -0.05) is 12.1 Å². The second kappa shape index (κ2) is 7.63. The number of fused-ring (bicyclic) bond motifs is 1. The van der Waals surface area contributed by atoms with E-state index in [4.69, 9.17) is 20.3 Å². The zero-order valence-electron chi connectivity index (χ0n) is 16.0. The maximum Gasteiger partial charge on any atom is 0.268 e. The second-order valence-corrected chi connectivity index (χ2v) is 6.53. The van der Waals surface area contributed by atoms with Gasteiger partial charge in [-0.2, -0.15) is 0 Å². The highest BCUT2D eigenvalue weighted by molar-refractivity contribution is 6.18. The lowest BCUT2D eigenvalue weighted by molar-refractivity contribution is -0.116. The number of rotatable bonds is 5. The molecule has 9 nitrogen and oxygen atoms in total. The van der Waals surface area contributed by atoms with Crippen LogP contribution in [0.3, 0.4) is 0 Å². The number of nitrogens with two attached hydrogens (primary N) is 1. The van der Waals surface area contributed by atoms with Gasteiger partial charge in [0.05, 0.1) is 30.2 Å². The smallest absolute Gasteiger partial charge is 0.268 e. The fourth-order valence-electron chi connectivity index (χ4n) is 3.27. The van der Waals surface area contributed by atoms with Crippen LogP contribution >= 0.6 is 0 Å². The van der Waals surface area contributed by atoms with Gasteiger partial charge in [0.15, 0.2) is 6.17 Å². The molecule has 5 N–H and O–H groups in total. The van der Waals surface area contributed by atoms with Gasteiger partial charge in [0, 0.05) is 5.69 Å². The standard InChI is InChI=1S/C21H19N5O4/c1-29-13-8-6-12(7-9-13)26-17(22)15-10-11-30-21(15)25-19(26)20(28)24-16-5-3-2-4-14(16)18(23)27/h2-11,19,22,25H,1H3,(H2,23,27)(H,24,28). The quantitative estimate of drug-likeness (QED) is 0.516. The van der Waals surface area contributed by atoms with E-state index in [0.29, 0.717) is 22.9 Å². The number of amidine groups is 1. The van der Waals surface area contributed by atoms with Crippen LogP contribution in [0.25, 0.3) is 0 Å². The zero-order chi connectivity index (χ0) is 21.3. The Hall–Kier alpha value is -4.27. The number of primary amides is 1. The summed E-state index contributed by atoms with van der Waals surface area (Å²) in [5, 5.41) is 14.4. The van der Waals surface area contributed by atoms with Crippen molar-refractivity contribution < 1.29 is 18.7 Å². The molecular weight excluding hydrogens is 386 g/mol. The van der Waals surface area contributed by atoms with Crippen molar-refractivity contribution in [3.63, 3.8) is 0 Å². The SMILES string of the molecule is COc1ccc(N2C(=N)c3ccoc3NC2C(=O)Nc2ccccc2C(N)=O)cc1. The number of ether oxygens (including phenoxy) is 1. The van der Waals surface area contributed by atoms with Crippen molar-refractivity contribution in [1.82, 2.24) is 0 Å². The fraction of sp³-hybridized carbons (Fsp3) is 0.0952. The molecular formula is C21H19N5O4. The largest absolute Gasteiger partial charge is 0.497 e. The highest BCUT2D eigenvalue weighted by atomic mass is 16.5. The summed E-state index contributed by atoms with van der Waals surface area (Å²) in [6.45, 7) is 0. The molecule has 2 amide bonds. The molecule has 2 aromatic carbocycles. The number of carbonyl (C=O) groups is 2. The summed E-state index contributed by atoms with van der Waals surface area (Å²) in [4.78, 5) is 26.4. The maximum atomic E-state index is 13.2. The first kappa shape index (κ1) is 19.1. The Balaban J connectivity index is 1.71. The first-order valence-corrected chi connectivity index (χ1v) is 9.05. The number of benzene rings is 2. The summed E-state index contributed by atoms with van der Waals surface area (Å²) in [5.74, 6) is -0.100. The van der Waals surface area contributed by atoms with Crippen molar-refractivity contribution >= 4 is 34.9 Å². The Morgan fingerprint density at radius 3 is 2.60 bits per heavy atom. The van der Waals surface area contributed by atoms with E-state index in [1.54, 1.807) is 55.6 Å². The second-order valence-electron chi connectivity index (χ2n) is 6.53. The third-order valence-electron chi connectivity index (χ3n) is 4.74. The number of furan rings is 1. The summed E-state index contributed by atoms with van der Waals surface area (Å²) in [6, 6.07) is 15.1. The minimum absolute atomic E-state index is 0.0889. The van der Waals surface area contributed by atoms with Gasteiger partial charge in [0.25, 0.3) is 11.8 Å². The normalized spacial score (nSPS) is 15.2. The molecule has 0 aliphatic carbocycles. The summed E-state index contributed by atoms with van der Waals surface area (Å²) in [5.41, 5.74) is 7.00. The van der Waals surface area contributed by atoms with E-state index in [2.05, 4.69) is 10.6 Å². The molecule has 1 aromatic heterocycles. The van der Waals surface area contributed by atoms with Gasteiger partial charge in [0.2, 0.25) is 5.88 Å². The van der Waals surface area contributed by atoms with Crippen LogP contribution in [0.1, 0.15) is 15.9 Å². The van der Waals surface area contributed by atoms with Crippen LogP contribution in [0.4, 0.5) is 17.3 Å². The molecule has 2 heterocycles. The summed E-state index contributed by atoms with van der Waals surface area (Å²) >= 11 is 0. The number of anilines is 3. The summed E-state index contributed by atoms with van der Waals surface area (Å²) < 4.78 is 10.6. The van der Waals surface area contributed by atoms with E-state index in [1.807, 2.05) is 0 Å². The van der Waals surface area contributed by atoms with Crippen LogP contribution in [0, 0.1) is 5.41 Å². The number of hydrogen-bond acceptors (Lipinski definition) is 6. The highest BCUT2D eigenvalue weighted by Gasteiger charge is 2.37. The monoisotopic (exact) mass is 405 g/mol. The fourth-order valence-corrected chi connectivity index (χ4v) is 3.27. The van der Waals surface area contributed by atoms with Gasteiger partial charge in [-0.25, -0.2) is 0 Å². The van der Waals surface area contributed by atoms with Crippen LogP contribution in [0.2, 0.25) is 0 Å². The number of para-hydroxylation sites is 1. The van der Waals surface area contributed by atoms with Crippen molar-refractivity contribution in [2.75, 3.05) is 22.6 Å². The van der Waals surface area contributed by atoms with Crippen molar-refractivity contribution in [2.45, 2.75) is 6.17 Å². The molecule has 0 spiro atoms. The summed E-state index contributed by atoms with van der Waals surface area (Å²) in [6.07, 6.45) is 0.437. The number of hydrogen-bond donors (Lipinski definition) is 4. The molecule has 0 radical (unpaired) electrons. The van der Waals surface area contributed by atoms with Crippen molar-refractivity contribution in [3.8, 4) is 5.75 Å². The van der Waals surface area contributed by atoms with Crippen molar-refractivity contribution in [2.24, 2.45) is 5.73 Å². The average Bonchev–Trinajstić information content (AvgIpc) is 3.23. The molecule has 9 heteroatoms. The molecule has 1 aliphatic heterocycles. The first-order chi connectivity index (χ1) is 14.5. The Morgan fingerprint density at radius 2 is 1.90 bits per heavy atom. The van der Waals surface area contributed by atoms with Gasteiger partial charge in [-0.15, -0.1) is 0 Å². The predicted molar refractivity (Wildman–Crippen MR) is 112 cm³/mol. The number of methoxy groups -OCH3 is 1. The first-order valence-electron chi connectivity index (χ1n) is 9.05. The Kier molecular flexibility index (Phi) is 4.85. The van der Waals surface area contributed by atoms with E-state index in [1.165, 1.54) is 17.2 Å². The van der Waals surface area contributed by atoms with Crippen LogP contribution in [0.15, 0.2) is 65.3 Å². The zero-order valence-corrected chi connectivity index (χ0v) is 16.0. The van der Waals surface area contributed by atoms with Crippen LogP contribution in [-0.4, -0.2) is 30.9 Å². The van der Waals surface area contributed by atoms with Gasteiger partial charge in [-0.3, -0.25) is 19.9 Å². The molecule has 152 valence electrons. The molecule has 0 saturated heterocycles. The third kappa shape index (κ3) is 3.32. The van der Waals surface area contributed by atoms with Gasteiger partial charge in [-0.05, 0) is 42.5 Å². The lowest BCUT2D eigenvalue weighted by atomic mass is 10.1. The molecule has 3 aromatic rings. The van der Waals surface area contributed by atoms with Gasteiger partial charge in [0.1, 0.15) is 11.6 Å². The number of nitrogens with one attached hydrogen (secondary N) is 3. The molecule has 0 bridgehead atoms. The minimum atomic E-state index is -1.01. The molecule has 1 atom stereocenters. The average molecular weight is 405 g/mol. The highest BCUT2D eigenvalue weighted by Crippen LogP contribution is 2.32. The van der Waals surface area contributed by atoms with Crippen molar-refractivity contribution in [3.05, 3.63) is 72.0 Å². The predicted octanol–water partition coefficient (Wildman–Crippen LogP) is 2.61. The Morgan fingerprint density at radius 1 is 1.17 bits per heavy atom. The van der Waals surface area contributed by atoms with Gasteiger partial charge < -0.3 is 25.5 Å². The lowest BCUT2D eigenvalue weighted by Gasteiger charge is -2.36. The molecule has 30 heavy (non-hydrogen) atoms. The van der Waals surface area contributed by atoms with Gasteiger partial charge >= 0.3 is 0 Å². The van der Waals surface area contributed by atoms with E-state index in [0.717, 1.165) is 0 Å². The number of nitrogens with zero attached hydrogens (tertiary/aromatic N) is 1. The molecule has 1 unspecified atom stereocenters. The number of carbonyl (C=O) groups excluding carboxylic acids is 2. The lowest BCUT2D eigenvalue weighted by Crippen LogP contribution is -2.55. The minimum Gasteiger partial charge on any atom is -0.497 e. The van der Waals surface area contributed by atoms with E-state index in [9.17, 15) is 9.59 Å². The van der Waals surface area contributed by atoms with Crippen LogP contribution < -0.4 is 26.0 Å². The topological polar surface area (TPSA) is 134 Å². The molecule has 1 aliphatic rings. The van der Waals surface area contributed by atoms with Crippen LogP contribution in [-0.2, 0) is 4.79 Å². The van der Waals surface area contributed by atoms with Crippen molar-refractivity contribution in [1.29, 1.82) is 5.41 Å². The Bertz CT molecular complexity index is 1120. The molecule has 0 saturated carbocycles. The van der Waals surface area contributed by atoms with E-state index >= 15 is 0 Å². The van der Waals surface area contributed by atoms with E-state index in [-0.39, 0.29) is 17.1 Å². The van der Waals surface area contributed by atoms with Crippen LogP contribution in [0.5, 0.6) is 5.75 Å². The van der Waals surface area contributed by atoms with E-state index < -0.39 is 18.0 Å². The maximum absolute atomic E-state index is 13.2. The molecule has 0 fully saturated rings. The molecule has 4 rings (SSSR count). The Labute approximate surface area is 171 Å².